The molecule has 44 heavy (non-hydrogen) atoms. The SMILES string of the molecule is [2H]c1c([2H])c([2H])c(-c2c([2H])c([2H])c3c([2H])c(-c4cc(-c5c([2H])c([2H])c(-c6c([2H])c([2H])c([2H])c([2H])c6[2H])c6c([2H])c([2H])c([2H])c([2H])c56)nc(-c5ccccc5)n4)c([2H])c([2H])c3c2[2H])c([2H])c1[2H]. The highest BCUT2D eigenvalue weighted by Crippen LogP contribution is 2.37. The molecule has 0 unspecified atom stereocenters. The molecular formula is C42H28N2. The summed E-state index contributed by atoms with van der Waals surface area (Å²) in [5.74, 6) is -0.159. The van der Waals surface area contributed by atoms with E-state index in [1.165, 1.54) is 0 Å². The predicted octanol–water partition coefficient (Wildman–Crippen LogP) is 11.1. The standard InChI is InChI=1S/C42H28N2/c1-4-12-29(13-5-1)32-20-21-34-27-35(23-22-33(34)26-32)40-28-41(44-42(43-40)31-16-8-3-9-17-31)39-25-24-36(30-14-6-2-7-15-30)37-18-10-11-19-38(37)39/h1-28H/i1D,2D,4D,5D,6D,7D,10D,11D,12D,13D,14D,15D,18D,19D,20D,21D,22D,23D,24D,25D,26D,27D. The average molecular weight is 583 g/mol. The number of rotatable bonds is 5. The van der Waals surface area contributed by atoms with E-state index in [0.29, 0.717) is 5.56 Å². The van der Waals surface area contributed by atoms with Crippen LogP contribution in [0.25, 0.3) is 77.7 Å². The van der Waals surface area contributed by atoms with Crippen molar-refractivity contribution >= 4 is 21.5 Å². The molecule has 0 aliphatic rings. The smallest absolute Gasteiger partial charge is 0.160 e. The van der Waals surface area contributed by atoms with E-state index in [2.05, 4.69) is 9.97 Å². The monoisotopic (exact) mass is 582 g/mol. The molecule has 2 nitrogen and oxygen atoms in total. The number of hydrogen-bond acceptors (Lipinski definition) is 2. The van der Waals surface area contributed by atoms with E-state index in [1.54, 1.807) is 30.3 Å². The maximum absolute atomic E-state index is 9.43. The zero-order valence-corrected chi connectivity index (χ0v) is 22.4. The Balaban J connectivity index is 1.51. The minimum absolute atomic E-state index is 0.159. The van der Waals surface area contributed by atoms with E-state index < -0.39 is 188 Å². The summed E-state index contributed by atoms with van der Waals surface area (Å²) in [5.41, 5.74) is -3.58. The fraction of sp³-hybridized carbons (Fsp3) is 0. The lowest BCUT2D eigenvalue weighted by atomic mass is 9.93. The fourth-order valence-electron chi connectivity index (χ4n) is 4.61. The van der Waals surface area contributed by atoms with E-state index in [4.69, 9.17) is 24.7 Å². The molecular weight excluding hydrogens is 532 g/mol. The van der Waals surface area contributed by atoms with E-state index >= 15 is 0 Å². The summed E-state index contributed by atoms with van der Waals surface area (Å²) in [6, 6.07) is -8.04. The van der Waals surface area contributed by atoms with Gasteiger partial charge in [0, 0.05) is 16.7 Å². The summed E-state index contributed by atoms with van der Waals surface area (Å²) in [6.07, 6.45) is 0. The summed E-state index contributed by atoms with van der Waals surface area (Å²) in [5, 5.41) is -1.96. The van der Waals surface area contributed by atoms with Crippen molar-refractivity contribution in [3.8, 4) is 56.2 Å². The number of fused-ring (bicyclic) bond motifs is 2. The van der Waals surface area contributed by atoms with Crippen LogP contribution < -0.4 is 0 Å². The second-order valence-corrected chi connectivity index (χ2v) is 9.33. The molecule has 0 radical (unpaired) electrons. The van der Waals surface area contributed by atoms with Crippen molar-refractivity contribution in [2.24, 2.45) is 0 Å². The molecule has 8 aromatic rings. The van der Waals surface area contributed by atoms with Gasteiger partial charge >= 0.3 is 0 Å². The maximum atomic E-state index is 9.43. The molecule has 8 rings (SSSR count). The van der Waals surface area contributed by atoms with Gasteiger partial charge in [-0.1, -0.05) is 151 Å². The summed E-state index contributed by atoms with van der Waals surface area (Å²) in [4.78, 5) is 9.26. The second kappa shape index (κ2) is 11.1. The van der Waals surface area contributed by atoms with E-state index in [0.717, 1.165) is 6.07 Å². The Bertz CT molecular complexity index is 3440. The predicted molar refractivity (Wildman–Crippen MR) is 184 cm³/mol. The van der Waals surface area contributed by atoms with Crippen LogP contribution in [0, 0.1) is 0 Å². The summed E-state index contributed by atoms with van der Waals surface area (Å²) in [7, 11) is 0. The number of nitrogens with zero attached hydrogens (tertiary/aromatic N) is 2. The quantitative estimate of drug-likeness (QED) is 0.202. The first-order valence-electron chi connectivity index (χ1n) is 24.1. The van der Waals surface area contributed by atoms with Gasteiger partial charge in [0.05, 0.1) is 41.5 Å². The Morgan fingerprint density at radius 2 is 0.977 bits per heavy atom. The Morgan fingerprint density at radius 1 is 0.409 bits per heavy atom. The van der Waals surface area contributed by atoms with Crippen LogP contribution in [-0.4, -0.2) is 9.97 Å². The van der Waals surface area contributed by atoms with Crippen molar-refractivity contribution in [2.75, 3.05) is 0 Å². The molecule has 0 fully saturated rings. The third-order valence-corrected chi connectivity index (χ3v) is 6.65. The molecule has 0 aliphatic heterocycles. The highest BCUT2D eigenvalue weighted by Gasteiger charge is 2.15. The molecule has 0 atom stereocenters. The molecule has 0 N–H and O–H groups in total. The Morgan fingerprint density at radius 3 is 1.70 bits per heavy atom. The molecule has 1 aromatic heterocycles. The van der Waals surface area contributed by atoms with Gasteiger partial charge in [-0.15, -0.1) is 0 Å². The zero-order valence-electron chi connectivity index (χ0n) is 44.4. The zero-order chi connectivity index (χ0) is 48.4. The largest absolute Gasteiger partial charge is 0.228 e. The molecule has 0 amide bonds. The lowest BCUT2D eigenvalue weighted by Crippen LogP contribution is -1.97. The van der Waals surface area contributed by atoms with Crippen LogP contribution in [0.4, 0.5) is 0 Å². The van der Waals surface area contributed by atoms with Gasteiger partial charge in [0.1, 0.15) is 0 Å². The molecule has 0 saturated heterocycles. The van der Waals surface area contributed by atoms with Gasteiger partial charge in [0.2, 0.25) is 0 Å². The number of benzene rings is 7. The number of hydrogen-bond donors (Lipinski definition) is 0. The highest BCUT2D eigenvalue weighted by molar-refractivity contribution is 6.04. The summed E-state index contributed by atoms with van der Waals surface area (Å²) < 4.78 is 192. The van der Waals surface area contributed by atoms with E-state index in [1.807, 2.05) is 0 Å². The van der Waals surface area contributed by atoms with Gasteiger partial charge in [0.15, 0.2) is 5.82 Å². The molecule has 0 spiro atoms. The third-order valence-electron chi connectivity index (χ3n) is 6.65. The molecule has 0 aliphatic carbocycles. The van der Waals surface area contributed by atoms with Crippen LogP contribution in [0.5, 0.6) is 0 Å². The maximum Gasteiger partial charge on any atom is 0.160 e. The van der Waals surface area contributed by atoms with Gasteiger partial charge in [-0.05, 0) is 61.9 Å². The minimum atomic E-state index is -0.822. The molecule has 0 saturated carbocycles. The molecule has 1 heterocycles. The molecule has 2 heteroatoms. The first-order valence-corrected chi connectivity index (χ1v) is 13.1. The van der Waals surface area contributed by atoms with Crippen molar-refractivity contribution < 1.29 is 30.2 Å². The van der Waals surface area contributed by atoms with Gasteiger partial charge in [-0.2, -0.15) is 0 Å². The van der Waals surface area contributed by atoms with Crippen molar-refractivity contribution in [1.29, 1.82) is 0 Å². The van der Waals surface area contributed by atoms with Crippen molar-refractivity contribution in [2.45, 2.75) is 0 Å². The summed E-state index contributed by atoms with van der Waals surface area (Å²) >= 11 is 0. The van der Waals surface area contributed by atoms with Crippen molar-refractivity contribution in [3.05, 3.63) is 169 Å². The Labute approximate surface area is 287 Å². The average Bonchev–Trinajstić information content (AvgIpc) is 3.30. The van der Waals surface area contributed by atoms with Gasteiger partial charge < -0.3 is 0 Å². The normalized spacial score (nSPS) is 18.2. The van der Waals surface area contributed by atoms with Crippen molar-refractivity contribution in [3.63, 3.8) is 0 Å². The van der Waals surface area contributed by atoms with Crippen LogP contribution in [0.3, 0.4) is 0 Å². The number of aromatic nitrogens is 2. The van der Waals surface area contributed by atoms with Crippen LogP contribution in [-0.2, 0) is 0 Å². The van der Waals surface area contributed by atoms with Crippen LogP contribution in [0.1, 0.15) is 30.2 Å². The Kier molecular flexibility index (Phi) is 2.94. The topological polar surface area (TPSA) is 25.8 Å². The van der Waals surface area contributed by atoms with E-state index in [-0.39, 0.29) is 17.2 Å². The van der Waals surface area contributed by atoms with Gasteiger partial charge in [-0.3, -0.25) is 0 Å². The van der Waals surface area contributed by atoms with Gasteiger partial charge in [0.25, 0.3) is 0 Å². The minimum Gasteiger partial charge on any atom is -0.228 e. The second-order valence-electron chi connectivity index (χ2n) is 9.33. The third kappa shape index (κ3) is 4.83. The first kappa shape index (κ1) is 11.7. The highest BCUT2D eigenvalue weighted by atomic mass is 14.9. The van der Waals surface area contributed by atoms with Crippen LogP contribution >= 0.6 is 0 Å². The molecule has 0 bridgehead atoms. The first-order chi connectivity index (χ1) is 31.0. The molecule has 7 aromatic carbocycles. The fourth-order valence-corrected chi connectivity index (χ4v) is 4.61. The van der Waals surface area contributed by atoms with Crippen LogP contribution in [0.2, 0.25) is 0 Å². The molecule has 206 valence electrons. The van der Waals surface area contributed by atoms with Crippen LogP contribution in [0.15, 0.2) is 169 Å². The van der Waals surface area contributed by atoms with E-state index in [9.17, 15) is 5.48 Å². The van der Waals surface area contributed by atoms with Gasteiger partial charge in [-0.25, -0.2) is 9.97 Å². The Hall–Kier alpha value is -5.86. The summed E-state index contributed by atoms with van der Waals surface area (Å²) in [6.45, 7) is 0. The lowest BCUT2D eigenvalue weighted by Gasteiger charge is -2.14. The van der Waals surface area contributed by atoms with Crippen molar-refractivity contribution in [1.82, 2.24) is 9.97 Å². The lowest BCUT2D eigenvalue weighted by molar-refractivity contribution is 1.19.